The Labute approximate surface area is 168 Å². The summed E-state index contributed by atoms with van der Waals surface area (Å²) < 4.78 is 5.40. The third-order valence-electron chi connectivity index (χ3n) is 6.36. The smallest absolute Gasteiger partial charge is 0.227 e. The molecule has 28 heavy (non-hydrogen) atoms. The average Bonchev–Trinajstić information content (AvgIpc) is 2.73. The van der Waals surface area contributed by atoms with Gasteiger partial charge in [-0.1, -0.05) is 0 Å². The van der Waals surface area contributed by atoms with Crippen LogP contribution in [0.5, 0.6) is 0 Å². The number of aromatic nitrogens is 2. The molecule has 0 bridgehead atoms. The van der Waals surface area contributed by atoms with Crippen LogP contribution >= 0.6 is 0 Å². The average molecular weight is 388 g/mol. The fourth-order valence-corrected chi connectivity index (χ4v) is 4.86. The van der Waals surface area contributed by atoms with Crippen molar-refractivity contribution in [2.24, 2.45) is 5.92 Å². The third kappa shape index (κ3) is 4.46. The van der Waals surface area contributed by atoms with Crippen LogP contribution in [-0.4, -0.2) is 84.2 Å². The zero-order chi connectivity index (χ0) is 19.5. The highest BCUT2D eigenvalue weighted by atomic mass is 16.5. The Morgan fingerprint density at radius 1 is 1.00 bits per heavy atom. The van der Waals surface area contributed by atoms with Gasteiger partial charge in [-0.15, -0.1) is 0 Å². The number of hydrogen-bond acceptors (Lipinski definition) is 6. The zero-order valence-electron chi connectivity index (χ0n) is 17.3. The molecule has 3 fully saturated rings. The van der Waals surface area contributed by atoms with Gasteiger partial charge in [0, 0.05) is 50.2 Å². The summed E-state index contributed by atoms with van der Waals surface area (Å²) in [6.07, 6.45) is 4.40. The Bertz CT molecular complexity index is 663. The second-order valence-corrected chi connectivity index (χ2v) is 8.44. The SMILES string of the molecule is Cc1cc(C)nc(N2CCC(N3CCC[C@H](C(=O)N4CCOCC4)C3)CC2)n1. The van der Waals surface area contributed by atoms with E-state index >= 15 is 0 Å². The van der Waals surface area contributed by atoms with Gasteiger partial charge in [-0.25, -0.2) is 9.97 Å². The maximum absolute atomic E-state index is 12.9. The predicted molar refractivity (Wildman–Crippen MR) is 108 cm³/mol. The van der Waals surface area contributed by atoms with Crippen molar-refractivity contribution < 1.29 is 9.53 Å². The molecule has 3 aliphatic rings. The number of ether oxygens (including phenoxy) is 1. The van der Waals surface area contributed by atoms with Crippen molar-refractivity contribution in [3.63, 3.8) is 0 Å². The fourth-order valence-electron chi connectivity index (χ4n) is 4.86. The van der Waals surface area contributed by atoms with Gasteiger partial charge in [0.1, 0.15) is 0 Å². The van der Waals surface area contributed by atoms with Crippen LogP contribution in [0.15, 0.2) is 6.07 Å². The summed E-state index contributed by atoms with van der Waals surface area (Å²) in [6.45, 7) is 11.0. The number of piperidine rings is 2. The Morgan fingerprint density at radius 2 is 1.68 bits per heavy atom. The second-order valence-electron chi connectivity index (χ2n) is 8.44. The van der Waals surface area contributed by atoms with E-state index in [0.29, 0.717) is 25.2 Å². The van der Waals surface area contributed by atoms with Gasteiger partial charge in [-0.2, -0.15) is 0 Å². The summed E-state index contributed by atoms with van der Waals surface area (Å²) >= 11 is 0. The summed E-state index contributed by atoms with van der Waals surface area (Å²) in [5, 5.41) is 0. The van der Waals surface area contributed by atoms with Crippen LogP contribution in [0.4, 0.5) is 5.95 Å². The van der Waals surface area contributed by atoms with Crippen LogP contribution in [0.2, 0.25) is 0 Å². The minimum absolute atomic E-state index is 0.160. The van der Waals surface area contributed by atoms with Crippen molar-refractivity contribution >= 4 is 11.9 Å². The first-order chi connectivity index (χ1) is 13.6. The van der Waals surface area contributed by atoms with Gasteiger partial charge in [-0.3, -0.25) is 9.69 Å². The fraction of sp³-hybridized carbons (Fsp3) is 0.762. The van der Waals surface area contributed by atoms with E-state index < -0.39 is 0 Å². The van der Waals surface area contributed by atoms with Crippen LogP contribution in [0.3, 0.4) is 0 Å². The van der Waals surface area contributed by atoms with Crippen LogP contribution < -0.4 is 4.90 Å². The number of nitrogens with zero attached hydrogens (tertiary/aromatic N) is 5. The molecule has 1 aromatic heterocycles. The molecule has 0 spiro atoms. The first-order valence-corrected chi connectivity index (χ1v) is 10.8. The number of likely N-dealkylation sites (tertiary alicyclic amines) is 1. The molecule has 1 amide bonds. The van der Waals surface area contributed by atoms with Crippen molar-refractivity contribution in [2.45, 2.75) is 45.6 Å². The molecular weight excluding hydrogens is 354 g/mol. The highest BCUT2D eigenvalue weighted by Gasteiger charge is 2.34. The number of amides is 1. The van der Waals surface area contributed by atoms with Crippen LogP contribution in [0, 0.1) is 19.8 Å². The quantitative estimate of drug-likeness (QED) is 0.786. The summed E-state index contributed by atoms with van der Waals surface area (Å²) in [4.78, 5) is 29.1. The molecule has 7 nitrogen and oxygen atoms in total. The molecule has 3 saturated heterocycles. The standard InChI is InChI=1S/C21H33N5O2/c1-16-14-17(2)23-21(22-16)25-8-5-19(6-9-25)26-7-3-4-18(15-26)20(27)24-10-12-28-13-11-24/h14,18-19H,3-13,15H2,1-2H3/t18-/m0/s1. The molecule has 4 heterocycles. The Morgan fingerprint density at radius 3 is 2.36 bits per heavy atom. The number of aryl methyl sites for hydroxylation is 2. The van der Waals surface area contributed by atoms with Gasteiger partial charge in [0.05, 0.1) is 19.1 Å². The molecule has 0 aromatic carbocycles. The lowest BCUT2D eigenvalue weighted by Crippen LogP contribution is -2.52. The summed E-state index contributed by atoms with van der Waals surface area (Å²) in [7, 11) is 0. The van der Waals surface area contributed by atoms with E-state index in [1.807, 2.05) is 24.8 Å². The lowest BCUT2D eigenvalue weighted by molar-refractivity contribution is -0.141. The maximum atomic E-state index is 12.9. The molecule has 1 atom stereocenters. The molecule has 0 radical (unpaired) electrons. The maximum Gasteiger partial charge on any atom is 0.227 e. The van der Waals surface area contributed by atoms with E-state index in [-0.39, 0.29) is 5.92 Å². The topological polar surface area (TPSA) is 61.8 Å². The molecule has 0 aliphatic carbocycles. The molecule has 4 rings (SSSR count). The summed E-state index contributed by atoms with van der Waals surface area (Å²) in [5.41, 5.74) is 2.07. The largest absolute Gasteiger partial charge is 0.378 e. The Hall–Kier alpha value is -1.73. The number of rotatable bonds is 3. The van der Waals surface area contributed by atoms with Crippen LogP contribution in [0.1, 0.15) is 37.1 Å². The van der Waals surface area contributed by atoms with Gasteiger partial charge in [0.15, 0.2) is 0 Å². The second kappa shape index (κ2) is 8.74. The first kappa shape index (κ1) is 19.6. The van der Waals surface area contributed by atoms with E-state index in [4.69, 9.17) is 4.74 Å². The van der Waals surface area contributed by atoms with Crippen molar-refractivity contribution in [1.82, 2.24) is 19.8 Å². The van der Waals surface area contributed by atoms with Gasteiger partial charge < -0.3 is 14.5 Å². The molecule has 154 valence electrons. The van der Waals surface area contributed by atoms with Crippen LogP contribution in [0.25, 0.3) is 0 Å². The minimum atomic E-state index is 0.160. The summed E-state index contributed by atoms with van der Waals surface area (Å²) in [6, 6.07) is 2.60. The van der Waals surface area contributed by atoms with E-state index in [1.165, 1.54) is 0 Å². The van der Waals surface area contributed by atoms with Crippen molar-refractivity contribution in [1.29, 1.82) is 0 Å². The highest BCUT2D eigenvalue weighted by Crippen LogP contribution is 2.26. The Kier molecular flexibility index (Phi) is 6.11. The van der Waals surface area contributed by atoms with E-state index in [9.17, 15) is 4.79 Å². The number of anilines is 1. The lowest BCUT2D eigenvalue weighted by Gasteiger charge is -2.43. The lowest BCUT2D eigenvalue weighted by atomic mass is 9.92. The van der Waals surface area contributed by atoms with Crippen molar-refractivity contribution in [2.75, 3.05) is 57.4 Å². The minimum Gasteiger partial charge on any atom is -0.378 e. The number of hydrogen-bond donors (Lipinski definition) is 0. The number of carbonyl (C=O) groups is 1. The molecule has 3 aliphatic heterocycles. The zero-order valence-corrected chi connectivity index (χ0v) is 17.3. The molecule has 0 N–H and O–H groups in total. The van der Waals surface area contributed by atoms with E-state index in [1.54, 1.807) is 0 Å². The molecule has 7 heteroatoms. The first-order valence-electron chi connectivity index (χ1n) is 10.8. The molecule has 1 aromatic rings. The van der Waals surface area contributed by atoms with Crippen LogP contribution in [-0.2, 0) is 9.53 Å². The Balaban J connectivity index is 1.32. The molecule has 0 saturated carbocycles. The third-order valence-corrected chi connectivity index (χ3v) is 6.36. The summed E-state index contributed by atoms with van der Waals surface area (Å²) in [5.74, 6) is 1.37. The normalized spacial score (nSPS) is 25.1. The predicted octanol–water partition coefficient (Wildman–Crippen LogP) is 1.63. The number of carbonyl (C=O) groups excluding carboxylic acids is 1. The monoisotopic (exact) mass is 387 g/mol. The molecule has 0 unspecified atom stereocenters. The number of morpholine rings is 1. The van der Waals surface area contributed by atoms with Crippen molar-refractivity contribution in [3.05, 3.63) is 17.5 Å². The highest BCUT2D eigenvalue weighted by molar-refractivity contribution is 5.79. The van der Waals surface area contributed by atoms with Gasteiger partial charge in [-0.05, 0) is 52.1 Å². The van der Waals surface area contributed by atoms with E-state index in [2.05, 4.69) is 19.8 Å². The van der Waals surface area contributed by atoms with E-state index in [0.717, 1.165) is 82.3 Å². The van der Waals surface area contributed by atoms with Gasteiger partial charge >= 0.3 is 0 Å². The van der Waals surface area contributed by atoms with Gasteiger partial charge in [0.25, 0.3) is 0 Å². The molecular formula is C21H33N5O2. The van der Waals surface area contributed by atoms with Gasteiger partial charge in [0.2, 0.25) is 11.9 Å². The van der Waals surface area contributed by atoms with Crippen molar-refractivity contribution in [3.8, 4) is 0 Å².